The SMILES string of the molecule is CC(C)(C)c1ncncc1CNC(=S)NC1CCCCC1. The molecule has 0 atom stereocenters. The number of hydrogen-bond donors (Lipinski definition) is 2. The second-order valence-corrected chi connectivity index (χ2v) is 7.22. The minimum Gasteiger partial charge on any atom is -0.360 e. The molecule has 1 saturated carbocycles. The van der Waals surface area contributed by atoms with Crippen LogP contribution < -0.4 is 10.6 Å². The van der Waals surface area contributed by atoms with Crippen molar-refractivity contribution in [2.24, 2.45) is 0 Å². The van der Waals surface area contributed by atoms with Crippen molar-refractivity contribution in [2.45, 2.75) is 70.9 Å². The van der Waals surface area contributed by atoms with Crippen molar-refractivity contribution in [3.05, 3.63) is 23.8 Å². The van der Waals surface area contributed by atoms with E-state index < -0.39 is 0 Å². The lowest BCUT2D eigenvalue weighted by Gasteiger charge is -2.25. The molecule has 2 rings (SSSR count). The van der Waals surface area contributed by atoms with Crippen LogP contribution in [-0.2, 0) is 12.0 Å². The zero-order valence-corrected chi connectivity index (χ0v) is 14.1. The third-order valence-corrected chi connectivity index (χ3v) is 4.14. The van der Waals surface area contributed by atoms with Gasteiger partial charge in [0.2, 0.25) is 0 Å². The highest BCUT2D eigenvalue weighted by atomic mass is 32.1. The Bertz CT molecular complexity index is 475. The zero-order valence-electron chi connectivity index (χ0n) is 13.3. The molecule has 5 heteroatoms. The lowest BCUT2D eigenvalue weighted by molar-refractivity contribution is 0.412. The highest BCUT2D eigenvalue weighted by molar-refractivity contribution is 7.80. The fraction of sp³-hybridized carbons (Fsp3) is 0.688. The lowest BCUT2D eigenvalue weighted by atomic mass is 9.89. The maximum Gasteiger partial charge on any atom is 0.166 e. The summed E-state index contributed by atoms with van der Waals surface area (Å²) in [6, 6.07) is 0.535. The number of hydrogen-bond acceptors (Lipinski definition) is 3. The third-order valence-electron chi connectivity index (χ3n) is 3.88. The summed E-state index contributed by atoms with van der Waals surface area (Å²) in [5, 5.41) is 7.47. The molecule has 1 aromatic rings. The van der Waals surface area contributed by atoms with Crippen molar-refractivity contribution in [1.29, 1.82) is 0 Å². The van der Waals surface area contributed by atoms with Crippen molar-refractivity contribution in [3.63, 3.8) is 0 Å². The molecule has 1 fully saturated rings. The Hall–Kier alpha value is -1.23. The van der Waals surface area contributed by atoms with E-state index in [9.17, 15) is 0 Å². The molecule has 0 spiro atoms. The van der Waals surface area contributed by atoms with Gasteiger partial charge in [-0.3, -0.25) is 0 Å². The predicted molar refractivity (Wildman–Crippen MR) is 90.2 cm³/mol. The van der Waals surface area contributed by atoms with Crippen LogP contribution in [0.25, 0.3) is 0 Å². The molecule has 0 unspecified atom stereocenters. The first-order valence-corrected chi connectivity index (χ1v) is 8.21. The number of nitrogens with zero attached hydrogens (tertiary/aromatic N) is 2. The quantitative estimate of drug-likeness (QED) is 0.841. The molecule has 0 bridgehead atoms. The van der Waals surface area contributed by atoms with Crippen LogP contribution in [0.1, 0.15) is 64.1 Å². The average molecular weight is 306 g/mol. The molecule has 0 radical (unpaired) electrons. The van der Waals surface area contributed by atoms with Crippen LogP contribution in [0.2, 0.25) is 0 Å². The van der Waals surface area contributed by atoms with Crippen molar-refractivity contribution in [3.8, 4) is 0 Å². The molecule has 116 valence electrons. The molecule has 0 amide bonds. The second kappa shape index (κ2) is 7.16. The Balaban J connectivity index is 1.89. The maximum atomic E-state index is 5.41. The monoisotopic (exact) mass is 306 g/mol. The summed E-state index contributed by atoms with van der Waals surface area (Å²) in [6.45, 7) is 7.16. The summed E-state index contributed by atoms with van der Waals surface area (Å²) in [4.78, 5) is 8.57. The van der Waals surface area contributed by atoms with Crippen LogP contribution in [0.15, 0.2) is 12.5 Å². The Morgan fingerprint density at radius 3 is 2.67 bits per heavy atom. The molecule has 0 aliphatic heterocycles. The van der Waals surface area contributed by atoms with E-state index in [-0.39, 0.29) is 5.41 Å². The van der Waals surface area contributed by atoms with Crippen LogP contribution >= 0.6 is 12.2 Å². The first-order valence-electron chi connectivity index (χ1n) is 7.80. The molecule has 1 aliphatic carbocycles. The van der Waals surface area contributed by atoms with Gasteiger partial charge in [-0.05, 0) is 25.1 Å². The van der Waals surface area contributed by atoms with Crippen molar-refractivity contribution in [1.82, 2.24) is 20.6 Å². The molecule has 1 aliphatic rings. The summed E-state index contributed by atoms with van der Waals surface area (Å²) in [5.41, 5.74) is 2.20. The molecule has 4 nitrogen and oxygen atoms in total. The summed E-state index contributed by atoms with van der Waals surface area (Å²) >= 11 is 5.41. The van der Waals surface area contributed by atoms with E-state index in [0.717, 1.165) is 16.4 Å². The van der Waals surface area contributed by atoms with Gasteiger partial charge in [0, 0.05) is 29.8 Å². The summed E-state index contributed by atoms with van der Waals surface area (Å²) in [5.74, 6) is 0. The Morgan fingerprint density at radius 2 is 2.00 bits per heavy atom. The maximum absolute atomic E-state index is 5.41. The van der Waals surface area contributed by atoms with Crippen molar-refractivity contribution < 1.29 is 0 Å². The zero-order chi connectivity index (χ0) is 15.3. The molecular weight excluding hydrogens is 280 g/mol. The number of rotatable bonds is 3. The molecule has 0 aromatic carbocycles. The van der Waals surface area contributed by atoms with Gasteiger partial charge in [-0.15, -0.1) is 0 Å². The Morgan fingerprint density at radius 1 is 1.29 bits per heavy atom. The lowest BCUT2D eigenvalue weighted by Crippen LogP contribution is -2.42. The van der Waals surface area contributed by atoms with Crippen molar-refractivity contribution >= 4 is 17.3 Å². The highest BCUT2D eigenvalue weighted by Crippen LogP contribution is 2.22. The Kier molecular flexibility index (Phi) is 5.51. The van der Waals surface area contributed by atoms with E-state index in [0.29, 0.717) is 12.6 Å². The van der Waals surface area contributed by atoms with Gasteiger partial charge in [0.25, 0.3) is 0 Å². The van der Waals surface area contributed by atoms with E-state index in [1.165, 1.54) is 32.1 Å². The summed E-state index contributed by atoms with van der Waals surface area (Å²) in [7, 11) is 0. The van der Waals surface area contributed by atoms with Gasteiger partial charge in [0.1, 0.15) is 6.33 Å². The molecule has 1 aromatic heterocycles. The number of nitrogens with one attached hydrogen (secondary N) is 2. The molecule has 21 heavy (non-hydrogen) atoms. The third kappa shape index (κ3) is 4.92. The molecule has 1 heterocycles. The van der Waals surface area contributed by atoms with E-state index in [2.05, 4.69) is 41.4 Å². The first-order chi connectivity index (χ1) is 9.97. The fourth-order valence-corrected chi connectivity index (χ4v) is 3.06. The van der Waals surface area contributed by atoms with Gasteiger partial charge in [-0.1, -0.05) is 40.0 Å². The summed E-state index contributed by atoms with van der Waals surface area (Å²) in [6.07, 6.45) is 9.91. The smallest absolute Gasteiger partial charge is 0.166 e. The average Bonchev–Trinajstić information content (AvgIpc) is 2.45. The van der Waals surface area contributed by atoms with Gasteiger partial charge in [-0.2, -0.15) is 0 Å². The Labute approximate surface area is 133 Å². The van der Waals surface area contributed by atoms with Gasteiger partial charge in [0.15, 0.2) is 5.11 Å². The second-order valence-electron chi connectivity index (χ2n) is 6.81. The fourth-order valence-electron chi connectivity index (χ4n) is 2.82. The van der Waals surface area contributed by atoms with Gasteiger partial charge >= 0.3 is 0 Å². The largest absolute Gasteiger partial charge is 0.360 e. The van der Waals surface area contributed by atoms with E-state index in [4.69, 9.17) is 12.2 Å². The topological polar surface area (TPSA) is 49.8 Å². The van der Waals surface area contributed by atoms with Crippen LogP contribution in [0.3, 0.4) is 0 Å². The predicted octanol–water partition coefficient (Wildman–Crippen LogP) is 3.07. The minimum absolute atomic E-state index is 0.0123. The normalized spacial score (nSPS) is 16.5. The molecule has 0 saturated heterocycles. The van der Waals surface area contributed by atoms with Crippen LogP contribution in [0.4, 0.5) is 0 Å². The van der Waals surface area contributed by atoms with Crippen LogP contribution in [-0.4, -0.2) is 21.1 Å². The minimum atomic E-state index is 0.0123. The van der Waals surface area contributed by atoms with Gasteiger partial charge in [-0.25, -0.2) is 9.97 Å². The molecular formula is C16H26N4S. The number of thiocarbonyl (C=S) groups is 1. The summed E-state index contributed by atoms with van der Waals surface area (Å²) < 4.78 is 0. The van der Waals surface area contributed by atoms with Crippen LogP contribution in [0.5, 0.6) is 0 Å². The van der Waals surface area contributed by atoms with Gasteiger partial charge in [0.05, 0.1) is 5.69 Å². The molecule has 2 N–H and O–H groups in total. The number of aromatic nitrogens is 2. The highest BCUT2D eigenvalue weighted by Gasteiger charge is 2.20. The standard InChI is InChI=1S/C16H26N4S/c1-16(2,3)14-12(9-17-11-19-14)10-18-15(21)20-13-7-5-4-6-8-13/h9,11,13H,4-8,10H2,1-3H3,(H2,18,20,21). The van der Waals surface area contributed by atoms with Crippen LogP contribution in [0, 0.1) is 0 Å². The first kappa shape index (κ1) is 16.1. The van der Waals surface area contributed by atoms with Crippen molar-refractivity contribution in [2.75, 3.05) is 0 Å². The van der Waals surface area contributed by atoms with E-state index >= 15 is 0 Å². The van der Waals surface area contributed by atoms with E-state index in [1.807, 2.05) is 6.20 Å². The van der Waals surface area contributed by atoms with Gasteiger partial charge < -0.3 is 10.6 Å². The van der Waals surface area contributed by atoms with E-state index in [1.54, 1.807) is 6.33 Å².